The van der Waals surface area contributed by atoms with Gasteiger partial charge in [-0.2, -0.15) is 0 Å². The van der Waals surface area contributed by atoms with Crippen molar-refractivity contribution in [2.75, 3.05) is 10.6 Å². The molecule has 0 aliphatic rings. The fourth-order valence-electron chi connectivity index (χ4n) is 1.82. The van der Waals surface area contributed by atoms with E-state index in [4.69, 9.17) is 0 Å². The molecule has 1 amide bonds. The van der Waals surface area contributed by atoms with Crippen molar-refractivity contribution in [1.82, 2.24) is 9.97 Å². The van der Waals surface area contributed by atoms with Crippen LogP contribution in [0, 0.1) is 13.8 Å². The van der Waals surface area contributed by atoms with Crippen molar-refractivity contribution in [3.63, 3.8) is 0 Å². The molecule has 0 bridgehead atoms. The Kier molecular flexibility index (Phi) is 4.30. The number of carbonyl (C=O) groups excluding carboxylic acids is 1. The molecule has 1 aromatic carbocycles. The summed E-state index contributed by atoms with van der Waals surface area (Å²) in [6.07, 6.45) is 0.472. The number of anilines is 3. The van der Waals surface area contributed by atoms with Crippen molar-refractivity contribution in [2.45, 2.75) is 27.2 Å². The molecule has 2 N–H and O–H groups in total. The van der Waals surface area contributed by atoms with Gasteiger partial charge in [0.1, 0.15) is 11.6 Å². The van der Waals surface area contributed by atoms with E-state index in [0.29, 0.717) is 6.42 Å². The van der Waals surface area contributed by atoms with Gasteiger partial charge in [-0.15, -0.1) is 0 Å². The van der Waals surface area contributed by atoms with E-state index in [1.54, 1.807) is 0 Å². The van der Waals surface area contributed by atoms with Crippen molar-refractivity contribution in [1.29, 1.82) is 0 Å². The van der Waals surface area contributed by atoms with Gasteiger partial charge in [-0.25, -0.2) is 9.97 Å². The van der Waals surface area contributed by atoms with Crippen LogP contribution in [0.2, 0.25) is 0 Å². The van der Waals surface area contributed by atoms with Crippen LogP contribution < -0.4 is 10.6 Å². The van der Waals surface area contributed by atoms with E-state index < -0.39 is 0 Å². The Morgan fingerprint density at radius 2 is 1.75 bits per heavy atom. The summed E-state index contributed by atoms with van der Waals surface area (Å²) in [6.45, 7) is 5.62. The van der Waals surface area contributed by atoms with Crippen LogP contribution in [0.1, 0.15) is 24.9 Å². The van der Waals surface area contributed by atoms with Gasteiger partial charge in [0, 0.05) is 29.6 Å². The largest absolute Gasteiger partial charge is 0.340 e. The van der Waals surface area contributed by atoms with Crippen molar-refractivity contribution in [2.24, 2.45) is 0 Å². The maximum absolute atomic E-state index is 11.3. The molecule has 0 saturated carbocycles. The topological polar surface area (TPSA) is 66.9 Å². The first-order valence-corrected chi connectivity index (χ1v) is 6.56. The lowest BCUT2D eigenvalue weighted by Crippen LogP contribution is -2.09. The standard InChI is InChI=1S/C15H18N4O/c1-4-15(20)19-13-7-5-12(6-8-13)18-14-9-10(2)16-11(3)17-14/h5-9H,4H2,1-3H3,(H,19,20)(H,16,17,18). The summed E-state index contributed by atoms with van der Waals surface area (Å²) < 4.78 is 0. The first-order valence-electron chi connectivity index (χ1n) is 6.56. The maximum atomic E-state index is 11.3. The second-order valence-electron chi connectivity index (χ2n) is 4.55. The molecular weight excluding hydrogens is 252 g/mol. The number of amides is 1. The lowest BCUT2D eigenvalue weighted by Gasteiger charge is -2.08. The number of rotatable bonds is 4. The summed E-state index contributed by atoms with van der Waals surface area (Å²) in [5.41, 5.74) is 2.63. The van der Waals surface area contributed by atoms with Crippen molar-refractivity contribution < 1.29 is 4.79 Å². The molecule has 0 aliphatic heterocycles. The molecule has 0 radical (unpaired) electrons. The van der Waals surface area contributed by atoms with E-state index in [9.17, 15) is 4.79 Å². The summed E-state index contributed by atoms with van der Waals surface area (Å²) in [7, 11) is 0. The summed E-state index contributed by atoms with van der Waals surface area (Å²) >= 11 is 0. The van der Waals surface area contributed by atoms with Crippen LogP contribution in [-0.4, -0.2) is 15.9 Å². The van der Waals surface area contributed by atoms with E-state index in [-0.39, 0.29) is 5.91 Å². The van der Waals surface area contributed by atoms with Gasteiger partial charge in [-0.1, -0.05) is 6.92 Å². The number of aryl methyl sites for hydroxylation is 2. The molecule has 0 saturated heterocycles. The molecule has 0 spiro atoms. The van der Waals surface area contributed by atoms with Crippen LogP contribution in [0.25, 0.3) is 0 Å². The Bertz CT molecular complexity index is 588. The van der Waals surface area contributed by atoms with Crippen LogP contribution in [0.15, 0.2) is 30.3 Å². The van der Waals surface area contributed by atoms with Gasteiger partial charge < -0.3 is 10.6 Å². The average Bonchev–Trinajstić information content (AvgIpc) is 2.39. The minimum Gasteiger partial charge on any atom is -0.340 e. The molecule has 0 unspecified atom stereocenters. The Hall–Kier alpha value is -2.43. The van der Waals surface area contributed by atoms with E-state index in [0.717, 1.165) is 28.7 Å². The third-order valence-electron chi connectivity index (χ3n) is 2.73. The van der Waals surface area contributed by atoms with Crippen LogP contribution >= 0.6 is 0 Å². The Morgan fingerprint density at radius 1 is 1.10 bits per heavy atom. The number of benzene rings is 1. The van der Waals surface area contributed by atoms with E-state index in [2.05, 4.69) is 20.6 Å². The highest BCUT2D eigenvalue weighted by atomic mass is 16.1. The monoisotopic (exact) mass is 270 g/mol. The van der Waals surface area contributed by atoms with Crippen molar-refractivity contribution in [3.8, 4) is 0 Å². The van der Waals surface area contributed by atoms with Gasteiger partial charge in [0.15, 0.2) is 0 Å². The summed E-state index contributed by atoms with van der Waals surface area (Å²) in [6, 6.07) is 9.41. The molecular formula is C15H18N4O. The van der Waals surface area contributed by atoms with Gasteiger partial charge in [-0.3, -0.25) is 4.79 Å². The zero-order chi connectivity index (χ0) is 14.5. The molecule has 0 fully saturated rings. The van der Waals surface area contributed by atoms with Crippen molar-refractivity contribution in [3.05, 3.63) is 41.9 Å². The molecule has 0 atom stereocenters. The Morgan fingerprint density at radius 3 is 2.35 bits per heavy atom. The fourth-order valence-corrected chi connectivity index (χ4v) is 1.82. The molecule has 1 heterocycles. The second kappa shape index (κ2) is 6.14. The van der Waals surface area contributed by atoms with Crippen LogP contribution in [0.5, 0.6) is 0 Å². The quantitative estimate of drug-likeness (QED) is 0.895. The van der Waals surface area contributed by atoms with Gasteiger partial charge in [-0.05, 0) is 38.1 Å². The molecule has 104 valence electrons. The first kappa shape index (κ1) is 14.0. The molecule has 2 aromatic rings. The number of nitrogens with one attached hydrogen (secondary N) is 2. The molecule has 5 heteroatoms. The predicted molar refractivity (Wildman–Crippen MR) is 80.2 cm³/mol. The average molecular weight is 270 g/mol. The zero-order valence-electron chi connectivity index (χ0n) is 11.9. The van der Waals surface area contributed by atoms with E-state index in [1.165, 1.54) is 0 Å². The summed E-state index contributed by atoms with van der Waals surface area (Å²) in [5.74, 6) is 1.51. The van der Waals surface area contributed by atoms with Crippen molar-refractivity contribution >= 4 is 23.1 Å². The molecule has 0 aliphatic carbocycles. The van der Waals surface area contributed by atoms with Crippen LogP contribution in [0.3, 0.4) is 0 Å². The number of carbonyl (C=O) groups is 1. The Labute approximate surface area is 118 Å². The molecule has 1 aromatic heterocycles. The molecule has 5 nitrogen and oxygen atoms in total. The summed E-state index contributed by atoms with van der Waals surface area (Å²) in [4.78, 5) is 19.8. The number of aromatic nitrogens is 2. The first-order chi connectivity index (χ1) is 9.56. The highest BCUT2D eigenvalue weighted by Crippen LogP contribution is 2.18. The maximum Gasteiger partial charge on any atom is 0.224 e. The van der Waals surface area contributed by atoms with Crippen LogP contribution in [-0.2, 0) is 4.79 Å². The van der Waals surface area contributed by atoms with Gasteiger partial charge in [0.2, 0.25) is 5.91 Å². The Balaban J connectivity index is 2.08. The normalized spacial score (nSPS) is 10.2. The lowest BCUT2D eigenvalue weighted by atomic mass is 10.2. The van der Waals surface area contributed by atoms with Gasteiger partial charge >= 0.3 is 0 Å². The van der Waals surface area contributed by atoms with Crippen LogP contribution in [0.4, 0.5) is 17.2 Å². The summed E-state index contributed by atoms with van der Waals surface area (Å²) in [5, 5.41) is 6.02. The number of nitrogens with zero attached hydrogens (tertiary/aromatic N) is 2. The lowest BCUT2D eigenvalue weighted by molar-refractivity contribution is -0.115. The minimum atomic E-state index is 0.00718. The number of hydrogen-bond donors (Lipinski definition) is 2. The SMILES string of the molecule is CCC(=O)Nc1ccc(Nc2cc(C)nc(C)n2)cc1. The van der Waals surface area contributed by atoms with E-state index >= 15 is 0 Å². The zero-order valence-corrected chi connectivity index (χ0v) is 11.9. The molecule has 2 rings (SSSR count). The number of hydrogen-bond acceptors (Lipinski definition) is 4. The third-order valence-corrected chi connectivity index (χ3v) is 2.73. The van der Waals surface area contributed by atoms with Gasteiger partial charge in [0.05, 0.1) is 0 Å². The third kappa shape index (κ3) is 3.78. The predicted octanol–water partition coefficient (Wildman–Crippen LogP) is 3.19. The van der Waals surface area contributed by atoms with E-state index in [1.807, 2.05) is 51.1 Å². The highest BCUT2D eigenvalue weighted by molar-refractivity contribution is 5.90. The fraction of sp³-hybridized carbons (Fsp3) is 0.267. The van der Waals surface area contributed by atoms with Gasteiger partial charge in [0.25, 0.3) is 0 Å². The smallest absolute Gasteiger partial charge is 0.224 e. The molecule has 20 heavy (non-hydrogen) atoms. The second-order valence-corrected chi connectivity index (χ2v) is 4.55. The minimum absolute atomic E-state index is 0.00718. The highest BCUT2D eigenvalue weighted by Gasteiger charge is 2.01.